The molecule has 11 heavy (non-hydrogen) atoms. The second kappa shape index (κ2) is 3.11. The van der Waals surface area contributed by atoms with Crippen LogP contribution in [0.5, 0.6) is 0 Å². The molecule has 0 amide bonds. The maximum atomic E-state index is 10.6. The summed E-state index contributed by atoms with van der Waals surface area (Å²) >= 11 is 0. The number of Topliss-reactive ketones (excluding diaryl/α,β-unsaturated/α-hetero) is 2. The summed E-state index contributed by atoms with van der Waals surface area (Å²) in [6.07, 6.45) is -1.63. The Hall–Kier alpha value is -0.740. The molecule has 0 aliphatic carbocycles. The van der Waals surface area contributed by atoms with Crippen molar-refractivity contribution in [2.75, 3.05) is 0 Å². The summed E-state index contributed by atoms with van der Waals surface area (Å²) in [7, 11) is 0. The molecule has 4 heteroatoms. The van der Waals surface area contributed by atoms with E-state index in [-0.39, 0.29) is 0 Å². The van der Waals surface area contributed by atoms with Crippen LogP contribution in [0.1, 0.15) is 20.8 Å². The smallest absolute Gasteiger partial charge is 0.164 e. The van der Waals surface area contributed by atoms with E-state index < -0.39 is 23.3 Å². The molecule has 0 aromatic carbocycles. The zero-order valence-electron chi connectivity index (χ0n) is 6.79. The van der Waals surface area contributed by atoms with E-state index in [2.05, 4.69) is 0 Å². The van der Waals surface area contributed by atoms with Gasteiger partial charge in [-0.2, -0.15) is 0 Å². The minimum atomic E-state index is -1.95. The number of rotatable bonds is 3. The molecule has 2 N–H and O–H groups in total. The van der Waals surface area contributed by atoms with Gasteiger partial charge in [-0.1, -0.05) is 0 Å². The van der Waals surface area contributed by atoms with Gasteiger partial charge in [0, 0.05) is 0 Å². The van der Waals surface area contributed by atoms with Crippen LogP contribution in [0.4, 0.5) is 0 Å². The lowest BCUT2D eigenvalue weighted by molar-refractivity contribution is -0.154. The Labute approximate surface area is 64.8 Å². The van der Waals surface area contributed by atoms with Crippen molar-refractivity contribution >= 4 is 11.6 Å². The molecule has 0 aliphatic rings. The molecule has 0 fully saturated rings. The van der Waals surface area contributed by atoms with E-state index in [4.69, 9.17) is 5.11 Å². The van der Waals surface area contributed by atoms with Crippen LogP contribution in [0, 0.1) is 0 Å². The number of carbonyl (C=O) groups excluding carboxylic acids is 2. The second-order valence-corrected chi connectivity index (χ2v) is 2.72. The standard InChI is InChI=1S/C7H12O4/c1-4(8)6(10)7(3,11)5(2)9/h6,10-11H,1-3H3. The van der Waals surface area contributed by atoms with Gasteiger partial charge in [0.1, 0.15) is 6.10 Å². The van der Waals surface area contributed by atoms with Crippen LogP contribution in [0.3, 0.4) is 0 Å². The maximum Gasteiger partial charge on any atom is 0.164 e. The van der Waals surface area contributed by atoms with Gasteiger partial charge in [-0.25, -0.2) is 0 Å². The number of ketones is 2. The Bertz CT molecular complexity index is 183. The van der Waals surface area contributed by atoms with E-state index in [9.17, 15) is 14.7 Å². The molecule has 4 nitrogen and oxygen atoms in total. The highest BCUT2D eigenvalue weighted by atomic mass is 16.4. The normalized spacial score (nSPS) is 18.6. The topological polar surface area (TPSA) is 74.6 Å². The first kappa shape index (κ1) is 10.3. The lowest BCUT2D eigenvalue weighted by Gasteiger charge is -2.23. The first-order valence-corrected chi connectivity index (χ1v) is 3.22. The van der Waals surface area contributed by atoms with E-state index in [1.54, 1.807) is 0 Å². The maximum absolute atomic E-state index is 10.6. The van der Waals surface area contributed by atoms with Gasteiger partial charge in [-0.15, -0.1) is 0 Å². The third-order valence-electron chi connectivity index (χ3n) is 1.63. The van der Waals surface area contributed by atoms with Gasteiger partial charge in [0.05, 0.1) is 0 Å². The molecule has 0 aliphatic heterocycles. The van der Waals surface area contributed by atoms with Crippen molar-refractivity contribution in [2.24, 2.45) is 0 Å². The van der Waals surface area contributed by atoms with Crippen LogP contribution in [-0.2, 0) is 9.59 Å². The molecule has 2 unspecified atom stereocenters. The Morgan fingerprint density at radius 3 is 1.82 bits per heavy atom. The fourth-order valence-corrected chi connectivity index (χ4v) is 0.588. The van der Waals surface area contributed by atoms with Crippen LogP contribution >= 0.6 is 0 Å². The quantitative estimate of drug-likeness (QED) is 0.571. The molecule has 64 valence electrons. The van der Waals surface area contributed by atoms with Crippen LogP contribution in [-0.4, -0.2) is 33.5 Å². The van der Waals surface area contributed by atoms with E-state index in [0.29, 0.717) is 0 Å². The van der Waals surface area contributed by atoms with Crippen molar-refractivity contribution in [3.05, 3.63) is 0 Å². The Morgan fingerprint density at radius 2 is 1.73 bits per heavy atom. The molecule has 0 rings (SSSR count). The van der Waals surface area contributed by atoms with Gasteiger partial charge in [0.25, 0.3) is 0 Å². The van der Waals surface area contributed by atoms with E-state index in [1.807, 2.05) is 0 Å². The first-order valence-electron chi connectivity index (χ1n) is 3.22. The van der Waals surface area contributed by atoms with Crippen molar-refractivity contribution in [3.8, 4) is 0 Å². The van der Waals surface area contributed by atoms with E-state index >= 15 is 0 Å². The average Bonchev–Trinajstić information content (AvgIpc) is 1.85. The summed E-state index contributed by atoms with van der Waals surface area (Å²) in [5.74, 6) is -1.24. The van der Waals surface area contributed by atoms with Crippen molar-refractivity contribution in [1.82, 2.24) is 0 Å². The van der Waals surface area contributed by atoms with Crippen molar-refractivity contribution < 1.29 is 19.8 Å². The molecular formula is C7H12O4. The van der Waals surface area contributed by atoms with Crippen LogP contribution in [0.2, 0.25) is 0 Å². The number of carbonyl (C=O) groups is 2. The fourth-order valence-electron chi connectivity index (χ4n) is 0.588. The Balaban J connectivity index is 4.55. The molecule has 0 aromatic rings. The molecular weight excluding hydrogens is 148 g/mol. The molecule has 0 saturated carbocycles. The summed E-state index contributed by atoms with van der Waals surface area (Å²) in [6.45, 7) is 3.34. The molecule has 0 radical (unpaired) electrons. The highest BCUT2D eigenvalue weighted by molar-refractivity contribution is 5.93. The zero-order valence-corrected chi connectivity index (χ0v) is 6.79. The molecule has 0 aromatic heterocycles. The summed E-state index contributed by atoms with van der Waals surface area (Å²) in [5.41, 5.74) is -1.95. The highest BCUT2D eigenvalue weighted by Crippen LogP contribution is 2.11. The van der Waals surface area contributed by atoms with E-state index in [0.717, 1.165) is 20.8 Å². The molecule has 0 heterocycles. The number of hydrogen-bond acceptors (Lipinski definition) is 4. The van der Waals surface area contributed by atoms with Crippen LogP contribution in [0.15, 0.2) is 0 Å². The third-order valence-corrected chi connectivity index (χ3v) is 1.63. The fraction of sp³-hybridized carbons (Fsp3) is 0.714. The summed E-state index contributed by atoms with van der Waals surface area (Å²) in [5, 5.41) is 18.2. The second-order valence-electron chi connectivity index (χ2n) is 2.72. The Kier molecular flexibility index (Phi) is 2.90. The molecule has 0 saturated heterocycles. The van der Waals surface area contributed by atoms with Gasteiger partial charge < -0.3 is 10.2 Å². The zero-order chi connectivity index (χ0) is 9.23. The molecule has 0 spiro atoms. The van der Waals surface area contributed by atoms with Gasteiger partial charge in [-0.05, 0) is 20.8 Å². The summed E-state index contributed by atoms with van der Waals surface area (Å²) < 4.78 is 0. The predicted molar refractivity (Wildman–Crippen MR) is 38.0 cm³/mol. The van der Waals surface area contributed by atoms with Crippen LogP contribution < -0.4 is 0 Å². The van der Waals surface area contributed by atoms with Gasteiger partial charge >= 0.3 is 0 Å². The minimum absolute atomic E-state index is 0.620. The van der Waals surface area contributed by atoms with Gasteiger partial charge in [0.2, 0.25) is 0 Å². The average molecular weight is 160 g/mol. The predicted octanol–water partition coefficient (Wildman–Crippen LogP) is -0.724. The largest absolute Gasteiger partial charge is 0.382 e. The lowest BCUT2D eigenvalue weighted by atomic mass is 9.92. The molecule has 2 atom stereocenters. The number of aliphatic hydroxyl groups excluding tert-OH is 1. The SMILES string of the molecule is CC(=O)C(O)C(C)(O)C(C)=O. The van der Waals surface area contributed by atoms with Gasteiger partial charge in [0.15, 0.2) is 17.2 Å². The minimum Gasteiger partial charge on any atom is -0.382 e. The first-order chi connectivity index (χ1) is 4.80. The van der Waals surface area contributed by atoms with Crippen molar-refractivity contribution in [1.29, 1.82) is 0 Å². The Morgan fingerprint density at radius 1 is 1.36 bits per heavy atom. The van der Waals surface area contributed by atoms with Crippen molar-refractivity contribution in [2.45, 2.75) is 32.5 Å². The van der Waals surface area contributed by atoms with Crippen molar-refractivity contribution in [3.63, 3.8) is 0 Å². The summed E-state index contributed by atoms with van der Waals surface area (Å²) in [4.78, 5) is 21.2. The monoisotopic (exact) mass is 160 g/mol. The highest BCUT2D eigenvalue weighted by Gasteiger charge is 2.37. The number of hydrogen-bond donors (Lipinski definition) is 2. The third kappa shape index (κ3) is 2.10. The summed E-state index contributed by atoms with van der Waals surface area (Å²) in [6, 6.07) is 0. The lowest BCUT2D eigenvalue weighted by Crippen LogP contribution is -2.49. The van der Waals surface area contributed by atoms with E-state index in [1.165, 1.54) is 0 Å². The van der Waals surface area contributed by atoms with Crippen LogP contribution in [0.25, 0.3) is 0 Å². The van der Waals surface area contributed by atoms with Gasteiger partial charge in [-0.3, -0.25) is 9.59 Å². The number of aliphatic hydroxyl groups is 2. The molecule has 0 bridgehead atoms.